The minimum Gasteiger partial charge on any atom is -0.395 e. The monoisotopic (exact) mass is 218 g/mol. The second-order valence-corrected chi connectivity index (χ2v) is 4.71. The van der Waals surface area contributed by atoms with Gasteiger partial charge in [0.05, 0.1) is 6.61 Å². The third-order valence-electron chi connectivity index (χ3n) is 2.97. The van der Waals surface area contributed by atoms with Crippen molar-refractivity contribution in [1.82, 2.24) is 0 Å². The zero-order chi connectivity index (χ0) is 11.8. The molecule has 0 saturated carbocycles. The molecule has 0 aromatic heterocycles. The number of hydrogen-bond donors (Lipinski definition) is 1. The molecule has 0 fully saturated rings. The number of benzene rings is 2. The topological polar surface area (TPSA) is 20.2 Å². The summed E-state index contributed by atoms with van der Waals surface area (Å²) in [6, 6.07) is 10.5. The highest BCUT2D eigenvalue weighted by Gasteiger charge is 2.21. The number of aliphatic hydroxyl groups is 1. The highest BCUT2D eigenvalue weighted by molar-refractivity contribution is 5.86. The molecule has 2 aromatic rings. The third-order valence-corrected chi connectivity index (χ3v) is 2.97. The second kappa shape index (κ2) is 3.87. The standard InChI is InChI=1S/C14H15FO/c1-14(2,9-16)13-5-3-4-10-8-11(15)6-7-12(10)13/h3-8,16H,9H2,1-2H3. The largest absolute Gasteiger partial charge is 0.395 e. The molecule has 0 bridgehead atoms. The first-order valence-corrected chi connectivity index (χ1v) is 5.34. The molecule has 0 unspecified atom stereocenters. The van der Waals surface area contributed by atoms with Crippen molar-refractivity contribution in [2.24, 2.45) is 0 Å². The van der Waals surface area contributed by atoms with Gasteiger partial charge >= 0.3 is 0 Å². The zero-order valence-corrected chi connectivity index (χ0v) is 9.50. The minimum absolute atomic E-state index is 0.0729. The Morgan fingerprint density at radius 1 is 1.19 bits per heavy atom. The fourth-order valence-electron chi connectivity index (χ4n) is 1.93. The van der Waals surface area contributed by atoms with Crippen molar-refractivity contribution >= 4 is 10.8 Å². The first kappa shape index (κ1) is 11.1. The van der Waals surface area contributed by atoms with E-state index in [1.165, 1.54) is 12.1 Å². The predicted octanol–water partition coefficient (Wildman–Crippen LogP) is 3.25. The first-order valence-electron chi connectivity index (χ1n) is 5.34. The Morgan fingerprint density at radius 3 is 2.62 bits per heavy atom. The summed E-state index contributed by atoms with van der Waals surface area (Å²) in [4.78, 5) is 0. The van der Waals surface area contributed by atoms with Crippen LogP contribution in [0.1, 0.15) is 19.4 Å². The van der Waals surface area contributed by atoms with Gasteiger partial charge in [-0.1, -0.05) is 38.1 Å². The van der Waals surface area contributed by atoms with E-state index in [0.717, 1.165) is 16.3 Å². The van der Waals surface area contributed by atoms with Crippen LogP contribution < -0.4 is 0 Å². The SMILES string of the molecule is CC(C)(CO)c1cccc2cc(F)ccc12. The van der Waals surface area contributed by atoms with E-state index in [1.807, 2.05) is 32.0 Å². The molecule has 0 radical (unpaired) electrons. The number of aliphatic hydroxyl groups excluding tert-OH is 1. The van der Waals surface area contributed by atoms with Crippen LogP contribution in [-0.2, 0) is 5.41 Å². The van der Waals surface area contributed by atoms with E-state index in [9.17, 15) is 9.50 Å². The van der Waals surface area contributed by atoms with Crippen molar-refractivity contribution in [3.63, 3.8) is 0 Å². The summed E-state index contributed by atoms with van der Waals surface area (Å²) in [6.07, 6.45) is 0. The van der Waals surface area contributed by atoms with Gasteiger partial charge in [0, 0.05) is 5.41 Å². The maximum absolute atomic E-state index is 13.1. The average molecular weight is 218 g/mol. The van der Waals surface area contributed by atoms with Crippen LogP contribution in [0.15, 0.2) is 36.4 Å². The lowest BCUT2D eigenvalue weighted by atomic mass is 9.82. The van der Waals surface area contributed by atoms with Crippen LogP contribution >= 0.6 is 0 Å². The van der Waals surface area contributed by atoms with Gasteiger partial charge in [0.15, 0.2) is 0 Å². The number of hydrogen-bond acceptors (Lipinski definition) is 1. The smallest absolute Gasteiger partial charge is 0.123 e. The maximum Gasteiger partial charge on any atom is 0.123 e. The Labute approximate surface area is 94.5 Å². The summed E-state index contributed by atoms with van der Waals surface area (Å²) in [6.45, 7) is 4.03. The third kappa shape index (κ3) is 1.81. The summed E-state index contributed by atoms with van der Waals surface area (Å²) in [7, 11) is 0. The maximum atomic E-state index is 13.1. The van der Waals surface area contributed by atoms with E-state index in [2.05, 4.69) is 0 Å². The van der Waals surface area contributed by atoms with E-state index in [-0.39, 0.29) is 17.8 Å². The summed E-state index contributed by atoms with van der Waals surface area (Å²) < 4.78 is 13.1. The molecular formula is C14H15FO. The van der Waals surface area contributed by atoms with E-state index < -0.39 is 0 Å². The van der Waals surface area contributed by atoms with Crippen molar-refractivity contribution in [1.29, 1.82) is 0 Å². The summed E-state index contributed by atoms with van der Waals surface area (Å²) in [5.41, 5.74) is 0.740. The molecule has 0 aliphatic rings. The van der Waals surface area contributed by atoms with E-state index in [1.54, 1.807) is 6.07 Å². The molecule has 1 N–H and O–H groups in total. The Balaban J connectivity index is 2.72. The van der Waals surface area contributed by atoms with Crippen LogP contribution in [0.3, 0.4) is 0 Å². The van der Waals surface area contributed by atoms with Gasteiger partial charge in [-0.3, -0.25) is 0 Å². The van der Waals surface area contributed by atoms with Crippen molar-refractivity contribution in [2.45, 2.75) is 19.3 Å². The molecule has 0 aliphatic carbocycles. The molecule has 1 nitrogen and oxygen atoms in total. The molecule has 0 saturated heterocycles. The Hall–Kier alpha value is -1.41. The molecule has 16 heavy (non-hydrogen) atoms. The number of halogens is 1. The highest BCUT2D eigenvalue weighted by atomic mass is 19.1. The van der Waals surface area contributed by atoms with Gasteiger partial charge in [-0.05, 0) is 28.5 Å². The van der Waals surface area contributed by atoms with E-state index >= 15 is 0 Å². The molecule has 2 aromatic carbocycles. The Kier molecular flexibility index (Phi) is 2.68. The zero-order valence-electron chi connectivity index (χ0n) is 9.50. The van der Waals surface area contributed by atoms with Gasteiger partial charge < -0.3 is 5.11 Å². The van der Waals surface area contributed by atoms with Gasteiger partial charge in [-0.25, -0.2) is 4.39 Å². The lowest BCUT2D eigenvalue weighted by Crippen LogP contribution is -2.22. The van der Waals surface area contributed by atoms with Crippen LogP contribution in [0.2, 0.25) is 0 Å². The van der Waals surface area contributed by atoms with Crippen LogP contribution in [-0.4, -0.2) is 11.7 Å². The lowest BCUT2D eigenvalue weighted by molar-refractivity contribution is 0.219. The van der Waals surface area contributed by atoms with Gasteiger partial charge in [-0.2, -0.15) is 0 Å². The predicted molar refractivity (Wildman–Crippen MR) is 64.0 cm³/mol. The number of fused-ring (bicyclic) bond motifs is 1. The molecule has 2 rings (SSSR count). The molecule has 0 atom stereocenters. The van der Waals surface area contributed by atoms with E-state index in [0.29, 0.717) is 0 Å². The fourth-order valence-corrected chi connectivity index (χ4v) is 1.93. The molecular weight excluding hydrogens is 203 g/mol. The molecule has 84 valence electrons. The second-order valence-electron chi connectivity index (χ2n) is 4.71. The fraction of sp³-hybridized carbons (Fsp3) is 0.286. The molecule has 0 amide bonds. The number of rotatable bonds is 2. The van der Waals surface area contributed by atoms with Crippen LogP contribution in [0.25, 0.3) is 10.8 Å². The molecule has 0 heterocycles. The minimum atomic E-state index is -0.308. The first-order chi connectivity index (χ1) is 7.54. The van der Waals surface area contributed by atoms with Crippen molar-refractivity contribution in [2.75, 3.05) is 6.61 Å². The molecule has 2 heteroatoms. The molecule has 0 aliphatic heterocycles. The van der Waals surface area contributed by atoms with Gasteiger partial charge in [0.1, 0.15) is 5.82 Å². The Bertz CT molecular complexity index is 517. The summed E-state index contributed by atoms with van der Waals surface area (Å²) >= 11 is 0. The summed E-state index contributed by atoms with van der Waals surface area (Å²) in [5, 5.41) is 11.3. The van der Waals surface area contributed by atoms with Gasteiger partial charge in [-0.15, -0.1) is 0 Å². The average Bonchev–Trinajstić information content (AvgIpc) is 2.27. The normalized spacial score (nSPS) is 12.0. The van der Waals surface area contributed by atoms with Crippen molar-refractivity contribution in [3.8, 4) is 0 Å². The summed E-state index contributed by atoms with van der Waals surface area (Å²) in [5.74, 6) is -0.230. The van der Waals surface area contributed by atoms with Gasteiger partial charge in [0.2, 0.25) is 0 Å². The molecule has 0 spiro atoms. The lowest BCUT2D eigenvalue weighted by Gasteiger charge is -2.24. The van der Waals surface area contributed by atoms with Crippen molar-refractivity contribution in [3.05, 3.63) is 47.8 Å². The van der Waals surface area contributed by atoms with E-state index in [4.69, 9.17) is 0 Å². The van der Waals surface area contributed by atoms with Crippen LogP contribution in [0.4, 0.5) is 4.39 Å². The quantitative estimate of drug-likeness (QED) is 0.820. The highest BCUT2D eigenvalue weighted by Crippen LogP contribution is 2.30. The van der Waals surface area contributed by atoms with Crippen LogP contribution in [0.5, 0.6) is 0 Å². The van der Waals surface area contributed by atoms with Crippen LogP contribution in [0, 0.1) is 5.82 Å². The van der Waals surface area contributed by atoms with Crippen molar-refractivity contribution < 1.29 is 9.50 Å². The van der Waals surface area contributed by atoms with Gasteiger partial charge in [0.25, 0.3) is 0 Å². The Morgan fingerprint density at radius 2 is 1.94 bits per heavy atom.